The lowest BCUT2D eigenvalue weighted by atomic mass is 9.97. The van der Waals surface area contributed by atoms with Crippen LogP contribution in [0, 0.1) is 0 Å². The molecule has 0 saturated carbocycles. The molecule has 4 fully saturated rings. The molecular weight excluding hydrogens is 857 g/mol. The number of thioether (sulfide) groups is 1. The molecule has 0 amide bonds. The predicted molar refractivity (Wildman–Crippen MR) is 240 cm³/mol. The van der Waals surface area contributed by atoms with Gasteiger partial charge in [-0.1, -0.05) is 91.0 Å². The van der Waals surface area contributed by atoms with Crippen molar-refractivity contribution in [3.05, 3.63) is 120 Å². The van der Waals surface area contributed by atoms with E-state index in [9.17, 15) is 0 Å². The first-order valence-electron chi connectivity index (χ1n) is 22.1. The smallest absolute Gasteiger partial charge is 0.203 e. The Kier molecular flexibility index (Phi) is 16.0. The summed E-state index contributed by atoms with van der Waals surface area (Å²) < 4.78 is 89.7. The van der Waals surface area contributed by atoms with Gasteiger partial charge in [0.1, 0.15) is 48.8 Å². The number of hydrogen-bond donors (Lipinski definition) is 0. The van der Waals surface area contributed by atoms with Crippen molar-refractivity contribution < 1.29 is 66.3 Å². The largest absolute Gasteiger partial charge is 0.493 e. The first-order valence-corrected chi connectivity index (χ1v) is 23.1. The molecule has 0 aliphatic carbocycles. The summed E-state index contributed by atoms with van der Waals surface area (Å²) in [4.78, 5) is 0.915. The van der Waals surface area contributed by atoms with Gasteiger partial charge in [0.05, 0.1) is 61.0 Å². The zero-order chi connectivity index (χ0) is 45.4. The van der Waals surface area contributed by atoms with E-state index in [1.54, 1.807) is 33.1 Å². The highest BCUT2D eigenvalue weighted by atomic mass is 32.2. The van der Waals surface area contributed by atoms with E-state index in [4.69, 9.17) is 66.3 Å². The highest BCUT2D eigenvalue weighted by Crippen LogP contribution is 2.45. The van der Waals surface area contributed by atoms with Crippen LogP contribution in [-0.4, -0.2) is 120 Å². The van der Waals surface area contributed by atoms with E-state index >= 15 is 0 Å². The third-order valence-corrected chi connectivity index (χ3v) is 12.5. The molecule has 4 aliphatic rings. The fourth-order valence-electron chi connectivity index (χ4n) is 8.62. The molecule has 0 bridgehead atoms. The Labute approximate surface area is 386 Å². The lowest BCUT2D eigenvalue weighted by Crippen LogP contribution is -2.63. The van der Waals surface area contributed by atoms with Gasteiger partial charge in [-0.2, -0.15) is 0 Å². The van der Waals surface area contributed by atoms with Gasteiger partial charge >= 0.3 is 0 Å². The first-order chi connectivity index (χ1) is 31.5. The molecular formula is C50H62O14S. The molecule has 0 N–H and O–H groups in total. The number of ether oxygens (including phenoxy) is 14. The minimum Gasteiger partial charge on any atom is -0.493 e. The van der Waals surface area contributed by atoms with Crippen LogP contribution in [0.15, 0.2) is 108 Å². The van der Waals surface area contributed by atoms with Gasteiger partial charge in [0.15, 0.2) is 35.7 Å². The van der Waals surface area contributed by atoms with Crippen LogP contribution < -0.4 is 14.2 Å². The molecule has 8 rings (SSSR count). The molecule has 15 heteroatoms. The minimum absolute atomic E-state index is 0.0524. The summed E-state index contributed by atoms with van der Waals surface area (Å²) in [6.07, 6.45) is -6.46. The minimum atomic E-state index is -0.962. The maximum Gasteiger partial charge on any atom is 0.203 e. The van der Waals surface area contributed by atoms with Crippen molar-refractivity contribution in [2.45, 2.75) is 125 Å². The first kappa shape index (κ1) is 47.7. The summed E-state index contributed by atoms with van der Waals surface area (Å²) in [5.74, 6) is 0.449. The summed E-state index contributed by atoms with van der Waals surface area (Å²) in [6, 6.07) is 33.9. The van der Waals surface area contributed by atoms with E-state index in [2.05, 4.69) is 0 Å². The Bertz CT molecular complexity index is 2050. The van der Waals surface area contributed by atoms with E-state index in [1.807, 2.05) is 131 Å². The summed E-state index contributed by atoms with van der Waals surface area (Å²) >= 11 is 1.58. The molecule has 4 aromatic carbocycles. The lowest BCUT2D eigenvalue weighted by molar-refractivity contribution is -0.335. The van der Waals surface area contributed by atoms with Crippen LogP contribution in [0.4, 0.5) is 0 Å². The lowest BCUT2D eigenvalue weighted by Gasteiger charge is -2.46. The number of fused-ring (bicyclic) bond motifs is 3. The third kappa shape index (κ3) is 12.0. The Morgan fingerprint density at radius 2 is 1.08 bits per heavy atom. The third-order valence-electron chi connectivity index (χ3n) is 11.5. The maximum atomic E-state index is 6.97. The molecule has 0 unspecified atom stereocenters. The second-order valence-electron chi connectivity index (χ2n) is 17.2. The average Bonchev–Trinajstić information content (AvgIpc) is 3.82. The quantitative estimate of drug-likeness (QED) is 0.0597. The van der Waals surface area contributed by atoms with Crippen molar-refractivity contribution in [2.75, 3.05) is 46.9 Å². The SMILES string of the molecule is COc1cc(SCCO[C@H]2[C@@H](OC[C@H]3O[C@@H]4OC(C)(C)O[C@@H]4[C@H]4OC(C)(C)O[C@H]43)O[C@H](COCc3ccccc3)[C@@H](OCc3ccccc3)[C@@H]2OCc2ccccc2)cc(OC)c1OC. The molecule has 10 atom stereocenters. The maximum absolute atomic E-state index is 6.97. The number of hydrogen-bond acceptors (Lipinski definition) is 15. The number of methoxy groups -OCH3 is 3. The van der Waals surface area contributed by atoms with Crippen molar-refractivity contribution in [3.8, 4) is 17.2 Å². The predicted octanol–water partition coefficient (Wildman–Crippen LogP) is 7.72. The van der Waals surface area contributed by atoms with Crippen molar-refractivity contribution in [3.63, 3.8) is 0 Å². The van der Waals surface area contributed by atoms with Crippen LogP contribution in [0.3, 0.4) is 0 Å². The van der Waals surface area contributed by atoms with Gasteiger partial charge in [0, 0.05) is 10.6 Å². The Hall–Kier alpha value is -3.81. The molecule has 0 radical (unpaired) electrons. The zero-order valence-corrected chi connectivity index (χ0v) is 39.0. The molecule has 14 nitrogen and oxygen atoms in total. The van der Waals surface area contributed by atoms with Crippen LogP contribution >= 0.6 is 11.8 Å². The Morgan fingerprint density at radius 1 is 0.523 bits per heavy atom. The van der Waals surface area contributed by atoms with E-state index in [1.165, 1.54) is 0 Å². The number of rotatable bonds is 21. The van der Waals surface area contributed by atoms with Gasteiger partial charge in [-0.05, 0) is 56.5 Å². The van der Waals surface area contributed by atoms with Gasteiger partial charge in [0.2, 0.25) is 5.75 Å². The van der Waals surface area contributed by atoms with Gasteiger partial charge in [-0.15, -0.1) is 11.8 Å². The highest BCUT2D eigenvalue weighted by molar-refractivity contribution is 7.99. The Morgan fingerprint density at radius 3 is 1.68 bits per heavy atom. The Balaban J connectivity index is 1.08. The molecule has 4 aliphatic heterocycles. The molecule has 352 valence electrons. The van der Waals surface area contributed by atoms with Crippen molar-refractivity contribution in [2.24, 2.45) is 0 Å². The fourth-order valence-corrected chi connectivity index (χ4v) is 9.41. The summed E-state index contributed by atoms with van der Waals surface area (Å²) in [7, 11) is 4.78. The van der Waals surface area contributed by atoms with Gasteiger partial charge in [0.25, 0.3) is 0 Å². The number of benzene rings is 4. The van der Waals surface area contributed by atoms with Crippen molar-refractivity contribution in [1.82, 2.24) is 0 Å². The van der Waals surface area contributed by atoms with Crippen LogP contribution in [-0.2, 0) is 71.9 Å². The summed E-state index contributed by atoms with van der Waals surface area (Å²) in [5.41, 5.74) is 3.03. The standard InChI is InChI=1S/C50H62O14S/c1-49(2)61-42-39(60-48-46(44(42)62-49)63-50(3,4)64-48)31-58-47-45(55-23-24-65-35-25-36(51-5)40(53-7)37(26-35)52-6)43(57-29-34-21-15-10-16-22-34)41(56-28-33-19-13-9-14-20-33)38(59-47)30-54-27-32-17-11-8-12-18-32/h8-22,25-26,38-39,41-48H,23-24,27-31H2,1-7H3/t38-,39-,41-,42+,43+,44+,45-,46-,47+,48-/m1/s1. The van der Waals surface area contributed by atoms with Gasteiger partial charge in [-0.3, -0.25) is 0 Å². The molecule has 65 heavy (non-hydrogen) atoms. The zero-order valence-electron chi connectivity index (χ0n) is 38.2. The highest BCUT2D eigenvalue weighted by Gasteiger charge is 2.61. The molecule has 4 heterocycles. The second-order valence-corrected chi connectivity index (χ2v) is 18.3. The van der Waals surface area contributed by atoms with Crippen LogP contribution in [0.2, 0.25) is 0 Å². The van der Waals surface area contributed by atoms with Crippen molar-refractivity contribution >= 4 is 11.8 Å². The van der Waals surface area contributed by atoms with E-state index in [0.717, 1.165) is 21.6 Å². The van der Waals surface area contributed by atoms with Gasteiger partial charge in [-0.25, -0.2) is 0 Å². The monoisotopic (exact) mass is 918 g/mol. The van der Waals surface area contributed by atoms with Crippen LogP contribution in [0.25, 0.3) is 0 Å². The van der Waals surface area contributed by atoms with E-state index < -0.39 is 73.0 Å². The van der Waals surface area contributed by atoms with Crippen LogP contribution in [0.5, 0.6) is 17.2 Å². The normalized spacial score (nSPS) is 28.9. The fraction of sp³-hybridized carbons (Fsp3) is 0.520. The van der Waals surface area contributed by atoms with E-state index in [0.29, 0.717) is 42.8 Å². The van der Waals surface area contributed by atoms with Crippen LogP contribution in [0.1, 0.15) is 44.4 Å². The summed E-state index contributed by atoms with van der Waals surface area (Å²) in [6.45, 7) is 8.98. The van der Waals surface area contributed by atoms with Crippen molar-refractivity contribution in [1.29, 1.82) is 0 Å². The van der Waals surface area contributed by atoms with E-state index in [-0.39, 0.29) is 19.8 Å². The molecule has 4 saturated heterocycles. The molecule has 0 aromatic heterocycles. The van der Waals surface area contributed by atoms with Gasteiger partial charge < -0.3 is 66.3 Å². The molecule has 0 spiro atoms. The summed E-state index contributed by atoms with van der Waals surface area (Å²) in [5, 5.41) is 0. The average molecular weight is 919 g/mol. The second kappa shape index (κ2) is 21.9. The molecule has 4 aromatic rings. The topological polar surface area (TPSA) is 129 Å².